The molecule has 0 fully saturated rings. The second kappa shape index (κ2) is 8.23. The number of carbonyl (C=O) groups is 1. The van der Waals surface area contributed by atoms with Crippen molar-refractivity contribution in [2.45, 2.75) is 19.9 Å². The second-order valence-electron chi connectivity index (χ2n) is 6.41. The number of nitro groups is 1. The molecule has 0 saturated carbocycles. The highest BCUT2D eigenvalue weighted by atomic mass is 32.1. The van der Waals surface area contributed by atoms with E-state index in [1.54, 1.807) is 43.0 Å². The van der Waals surface area contributed by atoms with Gasteiger partial charge in [0.1, 0.15) is 5.76 Å². The summed E-state index contributed by atoms with van der Waals surface area (Å²) in [6.07, 6.45) is 1.68. The number of hydrogen-bond donors (Lipinski definition) is 2. The van der Waals surface area contributed by atoms with Crippen LogP contribution in [-0.2, 0) is 4.79 Å². The Hall–Kier alpha value is -3.53. The van der Waals surface area contributed by atoms with Gasteiger partial charge in [0.25, 0.3) is 11.6 Å². The van der Waals surface area contributed by atoms with Gasteiger partial charge in [0.05, 0.1) is 16.5 Å². The third-order valence-electron chi connectivity index (χ3n) is 4.46. The summed E-state index contributed by atoms with van der Waals surface area (Å²) in [5.41, 5.74) is 1.69. The lowest BCUT2D eigenvalue weighted by atomic mass is 9.94. The second-order valence-corrected chi connectivity index (χ2v) is 6.79. The summed E-state index contributed by atoms with van der Waals surface area (Å²) in [7, 11) is 0. The molecule has 1 aliphatic rings. The molecule has 150 valence electrons. The summed E-state index contributed by atoms with van der Waals surface area (Å²) in [5, 5.41) is 21.0. The zero-order valence-corrected chi connectivity index (χ0v) is 16.7. The molecule has 2 aromatic rings. The first kappa shape index (κ1) is 20.2. The van der Waals surface area contributed by atoms with E-state index in [0.29, 0.717) is 40.1 Å². The minimum atomic E-state index is -0.586. The van der Waals surface area contributed by atoms with E-state index in [1.807, 2.05) is 0 Å². The minimum absolute atomic E-state index is 0.0369. The summed E-state index contributed by atoms with van der Waals surface area (Å²) in [5.74, 6) is 0.469. The number of aryl methyl sites for hydroxylation is 1. The van der Waals surface area contributed by atoms with Crippen LogP contribution in [0.4, 0.5) is 11.5 Å². The molecular weight excluding hydrogens is 394 g/mol. The summed E-state index contributed by atoms with van der Waals surface area (Å²) in [4.78, 5) is 25.3. The van der Waals surface area contributed by atoms with Gasteiger partial charge in [-0.2, -0.15) is 0 Å². The molecule has 0 saturated heterocycles. The van der Waals surface area contributed by atoms with Gasteiger partial charge < -0.3 is 20.1 Å². The smallest absolute Gasteiger partial charge is 0.269 e. The Morgan fingerprint density at radius 1 is 1.45 bits per heavy atom. The van der Waals surface area contributed by atoms with Gasteiger partial charge in [0.15, 0.2) is 10.9 Å². The van der Waals surface area contributed by atoms with Crippen LogP contribution in [0.25, 0.3) is 0 Å². The molecule has 1 aliphatic heterocycles. The van der Waals surface area contributed by atoms with Gasteiger partial charge in [-0.1, -0.05) is 11.2 Å². The molecule has 1 atom stereocenters. The minimum Gasteiger partial charge on any atom is -0.360 e. The van der Waals surface area contributed by atoms with Crippen molar-refractivity contribution in [1.29, 1.82) is 0 Å². The molecule has 0 bridgehead atoms. The number of rotatable bonds is 6. The molecule has 1 amide bonds. The lowest BCUT2D eigenvalue weighted by molar-refractivity contribution is -0.384. The molecule has 0 aliphatic carbocycles. The average Bonchev–Trinajstić information content (AvgIpc) is 3.09. The number of hydrogen-bond acceptors (Lipinski definition) is 6. The Kier molecular flexibility index (Phi) is 5.74. The average molecular weight is 413 g/mol. The molecule has 0 unspecified atom stereocenters. The fraction of sp³-hybridized carbons (Fsp3) is 0.211. The highest BCUT2D eigenvalue weighted by Gasteiger charge is 2.34. The molecule has 0 radical (unpaired) electrons. The molecule has 10 heteroatoms. The molecular formula is C19H19N5O4S. The number of thiocarbonyl (C=S) groups is 1. The fourth-order valence-electron chi connectivity index (χ4n) is 3.07. The zero-order chi connectivity index (χ0) is 21.1. The molecule has 2 N–H and O–H groups in total. The lowest BCUT2D eigenvalue weighted by Crippen LogP contribution is -2.48. The van der Waals surface area contributed by atoms with Crippen molar-refractivity contribution in [3.05, 3.63) is 75.7 Å². The van der Waals surface area contributed by atoms with Crippen LogP contribution in [0.1, 0.15) is 24.3 Å². The number of nitrogens with zero attached hydrogens (tertiary/aromatic N) is 3. The third kappa shape index (κ3) is 4.16. The van der Waals surface area contributed by atoms with E-state index in [-0.39, 0.29) is 11.6 Å². The quantitative estimate of drug-likeness (QED) is 0.321. The van der Waals surface area contributed by atoms with Gasteiger partial charge in [0, 0.05) is 30.4 Å². The van der Waals surface area contributed by atoms with Gasteiger partial charge >= 0.3 is 0 Å². The monoisotopic (exact) mass is 413 g/mol. The topological polar surface area (TPSA) is 114 Å². The fourth-order valence-corrected chi connectivity index (χ4v) is 3.40. The first-order chi connectivity index (χ1) is 13.8. The standard InChI is InChI=1S/C19H19N5O4S/c1-4-9-23-12(3)16(18(25)20-15-10-11(2)28-22-15)17(21-19(23)29)13-5-7-14(8-6-13)24(26)27/h4-8,10,17H,1,9H2,2-3H3,(H,21,29)(H,20,22,25)/t17-/m1/s1. The summed E-state index contributed by atoms with van der Waals surface area (Å²) in [6, 6.07) is 7.00. The van der Waals surface area contributed by atoms with Crippen molar-refractivity contribution in [1.82, 2.24) is 15.4 Å². The highest BCUT2D eigenvalue weighted by molar-refractivity contribution is 7.80. The van der Waals surface area contributed by atoms with Gasteiger partial charge in [-0.25, -0.2) is 0 Å². The number of amides is 1. The first-order valence-corrected chi connectivity index (χ1v) is 9.11. The van der Waals surface area contributed by atoms with Crippen molar-refractivity contribution >= 4 is 34.7 Å². The normalized spacial score (nSPS) is 16.4. The maximum absolute atomic E-state index is 13.1. The Bertz CT molecular complexity index is 1010. The Morgan fingerprint density at radius 2 is 2.14 bits per heavy atom. The van der Waals surface area contributed by atoms with Crippen LogP contribution in [0.15, 0.2) is 58.8 Å². The van der Waals surface area contributed by atoms with Crippen molar-refractivity contribution in [3.8, 4) is 0 Å². The van der Waals surface area contributed by atoms with E-state index >= 15 is 0 Å². The molecule has 29 heavy (non-hydrogen) atoms. The maximum atomic E-state index is 13.1. The maximum Gasteiger partial charge on any atom is 0.269 e. The van der Waals surface area contributed by atoms with E-state index in [2.05, 4.69) is 22.4 Å². The van der Waals surface area contributed by atoms with Crippen LogP contribution in [0.2, 0.25) is 0 Å². The van der Waals surface area contributed by atoms with E-state index < -0.39 is 11.0 Å². The summed E-state index contributed by atoms with van der Waals surface area (Å²) >= 11 is 5.45. The van der Waals surface area contributed by atoms with Crippen molar-refractivity contribution in [2.75, 3.05) is 11.9 Å². The van der Waals surface area contributed by atoms with Crippen LogP contribution in [0.3, 0.4) is 0 Å². The number of aromatic nitrogens is 1. The zero-order valence-electron chi connectivity index (χ0n) is 15.8. The Morgan fingerprint density at radius 3 is 2.69 bits per heavy atom. The van der Waals surface area contributed by atoms with Gasteiger partial charge in [0.2, 0.25) is 0 Å². The number of benzene rings is 1. The molecule has 1 aromatic carbocycles. The largest absolute Gasteiger partial charge is 0.360 e. The van der Waals surface area contributed by atoms with Crippen LogP contribution < -0.4 is 10.6 Å². The molecule has 1 aromatic heterocycles. The van der Waals surface area contributed by atoms with Gasteiger partial charge in [-0.05, 0) is 43.8 Å². The van der Waals surface area contributed by atoms with Crippen LogP contribution >= 0.6 is 12.2 Å². The number of nitro benzene ring substituents is 1. The number of allylic oxidation sites excluding steroid dienone is 1. The predicted molar refractivity (Wildman–Crippen MR) is 111 cm³/mol. The van der Waals surface area contributed by atoms with Crippen LogP contribution in [0.5, 0.6) is 0 Å². The van der Waals surface area contributed by atoms with Crippen molar-refractivity contribution < 1.29 is 14.2 Å². The molecule has 0 spiro atoms. The number of anilines is 1. The van der Waals surface area contributed by atoms with Gasteiger partial charge in [-0.15, -0.1) is 6.58 Å². The van der Waals surface area contributed by atoms with E-state index in [1.165, 1.54) is 12.1 Å². The number of carbonyl (C=O) groups excluding carboxylic acids is 1. The lowest BCUT2D eigenvalue weighted by Gasteiger charge is -2.37. The number of non-ortho nitro benzene ring substituents is 1. The summed E-state index contributed by atoms with van der Waals surface area (Å²) < 4.78 is 5.00. The van der Waals surface area contributed by atoms with E-state index in [9.17, 15) is 14.9 Å². The van der Waals surface area contributed by atoms with E-state index in [0.717, 1.165) is 0 Å². The predicted octanol–water partition coefficient (Wildman–Crippen LogP) is 3.22. The number of nitrogens with one attached hydrogen (secondary N) is 2. The van der Waals surface area contributed by atoms with Crippen LogP contribution in [-0.4, -0.2) is 32.5 Å². The first-order valence-electron chi connectivity index (χ1n) is 8.70. The Labute approximate surface area is 172 Å². The van der Waals surface area contributed by atoms with E-state index in [4.69, 9.17) is 16.7 Å². The summed E-state index contributed by atoms with van der Waals surface area (Å²) in [6.45, 7) is 7.66. The Balaban J connectivity index is 2.02. The van der Waals surface area contributed by atoms with Crippen LogP contribution in [0, 0.1) is 17.0 Å². The van der Waals surface area contributed by atoms with Gasteiger partial charge in [-0.3, -0.25) is 14.9 Å². The third-order valence-corrected chi connectivity index (χ3v) is 4.80. The SMILES string of the molecule is C=CCN1C(=S)N[C@H](c2ccc([N+](=O)[O-])cc2)C(C(=O)Nc2cc(C)on2)=C1C. The van der Waals surface area contributed by atoms with Crippen molar-refractivity contribution in [3.63, 3.8) is 0 Å². The molecule has 9 nitrogen and oxygen atoms in total. The molecule has 3 rings (SSSR count). The van der Waals surface area contributed by atoms with Crippen molar-refractivity contribution in [2.24, 2.45) is 0 Å². The molecule has 2 heterocycles. The highest BCUT2D eigenvalue weighted by Crippen LogP contribution is 2.32.